The Morgan fingerprint density at radius 2 is 1.83 bits per heavy atom. The van der Waals surface area contributed by atoms with Gasteiger partial charge in [0.1, 0.15) is 5.69 Å². The van der Waals surface area contributed by atoms with Crippen LogP contribution in [0.1, 0.15) is 34.7 Å². The number of nitrogens with one attached hydrogen (secondary N) is 2. The molecular formula is C21H18BrN3O4. The summed E-state index contributed by atoms with van der Waals surface area (Å²) in [5.41, 5.74) is 2.48. The molecule has 2 aromatic carbocycles. The number of amides is 1. The van der Waals surface area contributed by atoms with Gasteiger partial charge in [0.2, 0.25) is 0 Å². The zero-order chi connectivity index (χ0) is 21.0. The van der Waals surface area contributed by atoms with E-state index < -0.39 is 18.0 Å². The molecule has 8 heteroatoms. The molecule has 0 aliphatic heterocycles. The predicted octanol–water partition coefficient (Wildman–Crippen LogP) is 4.23. The van der Waals surface area contributed by atoms with Gasteiger partial charge in [0, 0.05) is 21.3 Å². The molecule has 0 radical (unpaired) electrons. The van der Waals surface area contributed by atoms with E-state index >= 15 is 0 Å². The van der Waals surface area contributed by atoms with E-state index in [2.05, 4.69) is 31.4 Å². The Balaban J connectivity index is 1.63. The van der Waals surface area contributed by atoms with Crippen molar-refractivity contribution >= 4 is 39.3 Å². The summed E-state index contributed by atoms with van der Waals surface area (Å²) < 4.78 is 6.16. The second kappa shape index (κ2) is 8.83. The number of carbonyl (C=O) groups excluding carboxylic acids is 3. The molecule has 0 unspecified atom stereocenters. The van der Waals surface area contributed by atoms with Gasteiger partial charge in [-0.25, -0.2) is 4.79 Å². The zero-order valence-electron chi connectivity index (χ0n) is 15.7. The smallest absolute Gasteiger partial charge is 0.357 e. The fourth-order valence-corrected chi connectivity index (χ4v) is 2.80. The molecule has 0 spiro atoms. The van der Waals surface area contributed by atoms with Gasteiger partial charge in [0.05, 0.1) is 5.69 Å². The van der Waals surface area contributed by atoms with Crippen molar-refractivity contribution in [1.29, 1.82) is 0 Å². The molecule has 3 aromatic rings. The zero-order valence-corrected chi connectivity index (χ0v) is 17.3. The van der Waals surface area contributed by atoms with Gasteiger partial charge in [-0.2, -0.15) is 5.10 Å². The van der Waals surface area contributed by atoms with Crippen LogP contribution in [0.5, 0.6) is 0 Å². The third kappa shape index (κ3) is 5.17. The number of H-pyrrole nitrogens is 1. The molecule has 0 saturated heterocycles. The van der Waals surface area contributed by atoms with Crippen molar-refractivity contribution < 1.29 is 19.1 Å². The summed E-state index contributed by atoms with van der Waals surface area (Å²) in [6.45, 7) is 2.91. The topological polar surface area (TPSA) is 101 Å². The molecule has 0 aliphatic rings. The maximum Gasteiger partial charge on any atom is 0.357 e. The van der Waals surface area contributed by atoms with Crippen molar-refractivity contribution in [2.75, 3.05) is 5.32 Å². The molecule has 2 N–H and O–H groups in total. The van der Waals surface area contributed by atoms with Crippen LogP contribution in [0.2, 0.25) is 0 Å². The molecule has 0 bridgehead atoms. The van der Waals surface area contributed by atoms with Gasteiger partial charge in [-0.05, 0) is 44.2 Å². The lowest BCUT2D eigenvalue weighted by Crippen LogP contribution is -2.30. The summed E-state index contributed by atoms with van der Waals surface area (Å²) in [5, 5.41) is 9.37. The van der Waals surface area contributed by atoms with E-state index in [0.29, 0.717) is 16.9 Å². The van der Waals surface area contributed by atoms with Crippen LogP contribution in [0.15, 0.2) is 59.1 Å². The first-order valence-electron chi connectivity index (χ1n) is 8.77. The number of esters is 1. The number of hydrogen-bond donors (Lipinski definition) is 2. The number of ketones is 1. The third-order valence-electron chi connectivity index (χ3n) is 4.13. The molecule has 0 saturated carbocycles. The molecule has 1 atom stereocenters. The number of rotatable bonds is 6. The van der Waals surface area contributed by atoms with Crippen molar-refractivity contribution in [2.45, 2.75) is 20.0 Å². The van der Waals surface area contributed by atoms with Gasteiger partial charge >= 0.3 is 5.97 Å². The number of anilines is 1. The fourth-order valence-electron chi connectivity index (χ4n) is 2.53. The van der Waals surface area contributed by atoms with Crippen LogP contribution < -0.4 is 5.32 Å². The molecular weight excluding hydrogens is 438 g/mol. The highest BCUT2D eigenvalue weighted by Gasteiger charge is 2.21. The SMILES string of the molecule is CC(=O)c1cccc(NC(=O)[C@@H](C)OC(=O)c2cc(-c3ccc(Br)cc3)n[nH]2)c1. The monoisotopic (exact) mass is 455 g/mol. The molecule has 1 heterocycles. The van der Waals surface area contributed by atoms with Crippen LogP contribution in [-0.2, 0) is 9.53 Å². The first-order valence-corrected chi connectivity index (χ1v) is 9.57. The Morgan fingerprint density at radius 3 is 2.52 bits per heavy atom. The van der Waals surface area contributed by atoms with E-state index in [1.165, 1.54) is 13.8 Å². The first kappa shape index (κ1) is 20.5. The largest absolute Gasteiger partial charge is 0.448 e. The van der Waals surface area contributed by atoms with Gasteiger partial charge in [-0.3, -0.25) is 14.7 Å². The minimum absolute atomic E-state index is 0.110. The molecule has 1 amide bonds. The number of benzene rings is 2. The summed E-state index contributed by atoms with van der Waals surface area (Å²) in [4.78, 5) is 36.1. The lowest BCUT2D eigenvalue weighted by atomic mass is 10.1. The number of halogens is 1. The second-order valence-corrected chi connectivity index (χ2v) is 7.26. The number of aromatic nitrogens is 2. The molecule has 148 valence electrons. The number of Topliss-reactive ketones (excluding diaryl/α,β-unsaturated/α-hetero) is 1. The van der Waals surface area contributed by atoms with Crippen LogP contribution in [0.3, 0.4) is 0 Å². The van der Waals surface area contributed by atoms with E-state index in [4.69, 9.17) is 4.74 Å². The van der Waals surface area contributed by atoms with Crippen molar-refractivity contribution in [3.05, 3.63) is 70.3 Å². The molecule has 0 fully saturated rings. The Kier molecular flexibility index (Phi) is 6.23. The van der Waals surface area contributed by atoms with Gasteiger partial charge in [0.25, 0.3) is 5.91 Å². The highest BCUT2D eigenvalue weighted by Crippen LogP contribution is 2.21. The minimum atomic E-state index is -1.04. The Labute approximate surface area is 175 Å². The van der Waals surface area contributed by atoms with Gasteiger partial charge in [-0.15, -0.1) is 0 Å². The summed E-state index contributed by atoms with van der Waals surface area (Å²) in [5.74, 6) is -1.31. The van der Waals surface area contributed by atoms with E-state index in [-0.39, 0.29) is 11.5 Å². The van der Waals surface area contributed by atoms with E-state index in [1.807, 2.05) is 24.3 Å². The number of nitrogens with zero attached hydrogens (tertiary/aromatic N) is 1. The molecule has 1 aromatic heterocycles. The second-order valence-electron chi connectivity index (χ2n) is 6.35. The van der Waals surface area contributed by atoms with Gasteiger partial charge in [-0.1, -0.05) is 40.2 Å². The third-order valence-corrected chi connectivity index (χ3v) is 4.66. The summed E-state index contributed by atoms with van der Waals surface area (Å²) in [7, 11) is 0. The van der Waals surface area contributed by atoms with Crippen LogP contribution in [0.4, 0.5) is 5.69 Å². The van der Waals surface area contributed by atoms with Gasteiger partial charge in [0.15, 0.2) is 11.9 Å². The first-order chi connectivity index (χ1) is 13.8. The lowest BCUT2D eigenvalue weighted by molar-refractivity contribution is -0.123. The van der Waals surface area contributed by atoms with E-state index in [1.54, 1.807) is 30.3 Å². The Hall–Kier alpha value is -3.26. The normalized spacial score (nSPS) is 11.6. The van der Waals surface area contributed by atoms with E-state index in [0.717, 1.165) is 10.0 Å². The minimum Gasteiger partial charge on any atom is -0.448 e. The maximum absolute atomic E-state index is 12.3. The van der Waals surface area contributed by atoms with Gasteiger partial charge < -0.3 is 10.1 Å². The highest BCUT2D eigenvalue weighted by atomic mass is 79.9. The summed E-state index contributed by atoms with van der Waals surface area (Å²) in [6, 6.07) is 15.6. The van der Waals surface area contributed by atoms with Crippen molar-refractivity contribution in [3.63, 3.8) is 0 Å². The average molecular weight is 456 g/mol. The number of ether oxygens (including phenoxy) is 1. The standard InChI is InChI=1S/C21H18BrN3O4/c1-12(26)15-4-3-5-17(10-15)23-20(27)13(2)29-21(28)19-11-18(24-25-19)14-6-8-16(22)9-7-14/h3-11,13H,1-2H3,(H,23,27)(H,24,25)/t13-/m1/s1. The molecule has 0 aliphatic carbocycles. The maximum atomic E-state index is 12.3. The number of carbonyl (C=O) groups is 3. The Bertz CT molecular complexity index is 1060. The van der Waals surface area contributed by atoms with Crippen molar-refractivity contribution in [2.24, 2.45) is 0 Å². The van der Waals surface area contributed by atoms with Crippen LogP contribution in [0, 0.1) is 0 Å². The van der Waals surface area contributed by atoms with Crippen LogP contribution in [-0.4, -0.2) is 34.0 Å². The quantitative estimate of drug-likeness (QED) is 0.427. The van der Waals surface area contributed by atoms with Crippen molar-refractivity contribution in [3.8, 4) is 11.3 Å². The van der Waals surface area contributed by atoms with Crippen LogP contribution >= 0.6 is 15.9 Å². The summed E-state index contributed by atoms with van der Waals surface area (Å²) in [6.07, 6.45) is -1.04. The lowest BCUT2D eigenvalue weighted by Gasteiger charge is -2.13. The highest BCUT2D eigenvalue weighted by molar-refractivity contribution is 9.10. The molecule has 7 nitrogen and oxygen atoms in total. The number of hydrogen-bond acceptors (Lipinski definition) is 5. The Morgan fingerprint density at radius 1 is 1.10 bits per heavy atom. The predicted molar refractivity (Wildman–Crippen MR) is 112 cm³/mol. The number of aromatic amines is 1. The fraction of sp³-hybridized carbons (Fsp3) is 0.143. The summed E-state index contributed by atoms with van der Waals surface area (Å²) >= 11 is 3.36. The van der Waals surface area contributed by atoms with Crippen molar-refractivity contribution in [1.82, 2.24) is 10.2 Å². The van der Waals surface area contributed by atoms with E-state index in [9.17, 15) is 14.4 Å². The molecule has 29 heavy (non-hydrogen) atoms. The molecule has 3 rings (SSSR count). The van der Waals surface area contributed by atoms with Crippen LogP contribution in [0.25, 0.3) is 11.3 Å². The average Bonchev–Trinajstić information content (AvgIpc) is 3.19.